The number of rotatable bonds is 19. The molecule has 0 heterocycles. The van der Waals surface area contributed by atoms with Crippen LogP contribution in [0.3, 0.4) is 0 Å². The molecule has 0 spiro atoms. The summed E-state index contributed by atoms with van der Waals surface area (Å²) in [7, 11) is 0.297. The fourth-order valence-corrected chi connectivity index (χ4v) is 7.68. The molecule has 6 heteroatoms. The first kappa shape index (κ1) is 24.3. The number of hydrogen-bond donors (Lipinski definition) is 0. The molecule has 0 atom stereocenters. The highest BCUT2D eigenvalue weighted by atomic mass is 28.2. The third-order valence-electron chi connectivity index (χ3n) is 4.04. The van der Waals surface area contributed by atoms with E-state index < -0.39 is 0 Å². The maximum atomic E-state index is 5.59. The van der Waals surface area contributed by atoms with Crippen LogP contribution in [0.15, 0.2) is 0 Å². The fourth-order valence-electron chi connectivity index (χ4n) is 2.86. The zero-order valence-corrected chi connectivity index (χ0v) is 19.5. The lowest BCUT2D eigenvalue weighted by Gasteiger charge is -2.16. The zero-order chi connectivity index (χ0) is 17.9. The molecule has 24 heavy (non-hydrogen) atoms. The highest BCUT2D eigenvalue weighted by Gasteiger charge is 2.08. The molecule has 0 N–H and O–H groups in total. The summed E-state index contributed by atoms with van der Waals surface area (Å²) in [6.45, 7) is 11.2. The molecule has 0 aromatic carbocycles. The van der Waals surface area contributed by atoms with Crippen molar-refractivity contribution in [3.63, 3.8) is 0 Å². The number of ether oxygens (including phenoxy) is 4. The normalized spacial score (nSPS) is 12.8. The lowest BCUT2D eigenvalue weighted by molar-refractivity contribution is -0.139. The molecule has 0 aromatic rings. The van der Waals surface area contributed by atoms with Gasteiger partial charge >= 0.3 is 0 Å². The van der Waals surface area contributed by atoms with Gasteiger partial charge in [0.1, 0.15) is 0 Å². The first-order valence-electron chi connectivity index (χ1n) is 10.2. The topological polar surface area (TPSA) is 36.9 Å². The maximum Gasteiger partial charge on any atom is 0.157 e. The van der Waals surface area contributed by atoms with Crippen molar-refractivity contribution in [3.8, 4) is 0 Å². The summed E-state index contributed by atoms with van der Waals surface area (Å²) in [5.74, 6) is 0. The van der Waals surface area contributed by atoms with Crippen LogP contribution in [0.25, 0.3) is 0 Å². The first-order valence-corrected chi connectivity index (χ1v) is 14.2. The van der Waals surface area contributed by atoms with Crippen LogP contribution in [-0.2, 0) is 18.9 Å². The van der Waals surface area contributed by atoms with Crippen molar-refractivity contribution in [1.82, 2.24) is 0 Å². The minimum Gasteiger partial charge on any atom is -0.353 e. The summed E-state index contributed by atoms with van der Waals surface area (Å²) >= 11 is 0. The van der Waals surface area contributed by atoms with Gasteiger partial charge in [0.05, 0.1) is 0 Å². The van der Waals surface area contributed by atoms with Crippen LogP contribution in [0.4, 0.5) is 0 Å². The molecular formula is C18H42O4Si2. The van der Waals surface area contributed by atoms with Gasteiger partial charge in [-0.25, -0.2) is 0 Å². The van der Waals surface area contributed by atoms with E-state index in [9.17, 15) is 0 Å². The van der Waals surface area contributed by atoms with Crippen molar-refractivity contribution < 1.29 is 18.9 Å². The van der Waals surface area contributed by atoms with Crippen LogP contribution in [0.1, 0.15) is 53.4 Å². The SMILES string of the molecule is CCOC(CCC[SiH2]CC[SiH2]CCCC(OCC)OCC)OCC. The molecule has 0 amide bonds. The summed E-state index contributed by atoms with van der Waals surface area (Å²) < 4.78 is 22.4. The van der Waals surface area contributed by atoms with E-state index in [1.807, 2.05) is 27.7 Å². The molecule has 0 saturated heterocycles. The molecule has 0 aliphatic carbocycles. The second kappa shape index (κ2) is 19.6. The van der Waals surface area contributed by atoms with Gasteiger partial charge in [0, 0.05) is 45.5 Å². The quantitative estimate of drug-likeness (QED) is 0.196. The molecule has 0 bridgehead atoms. The Morgan fingerprint density at radius 1 is 0.542 bits per heavy atom. The molecule has 0 aliphatic rings. The second-order valence-electron chi connectivity index (χ2n) is 6.09. The largest absolute Gasteiger partial charge is 0.353 e. The van der Waals surface area contributed by atoms with Crippen molar-refractivity contribution in [3.05, 3.63) is 0 Å². The van der Waals surface area contributed by atoms with E-state index in [2.05, 4.69) is 0 Å². The van der Waals surface area contributed by atoms with Crippen LogP contribution in [-0.4, -0.2) is 58.0 Å². The smallest absolute Gasteiger partial charge is 0.157 e. The molecule has 0 aliphatic heterocycles. The van der Waals surface area contributed by atoms with Crippen LogP contribution >= 0.6 is 0 Å². The van der Waals surface area contributed by atoms with Crippen molar-refractivity contribution in [1.29, 1.82) is 0 Å². The Balaban J connectivity index is 3.38. The Bertz CT molecular complexity index is 209. The van der Waals surface area contributed by atoms with Gasteiger partial charge in [-0.05, 0) is 40.5 Å². The summed E-state index contributed by atoms with van der Waals surface area (Å²) in [5.41, 5.74) is 0. The van der Waals surface area contributed by atoms with Crippen LogP contribution in [0.5, 0.6) is 0 Å². The molecule has 0 rings (SSSR count). The van der Waals surface area contributed by atoms with Gasteiger partial charge in [-0.15, -0.1) is 0 Å². The fraction of sp³-hybridized carbons (Fsp3) is 1.00. The van der Waals surface area contributed by atoms with Gasteiger partial charge in [0.2, 0.25) is 0 Å². The average Bonchev–Trinajstić information content (AvgIpc) is 2.57. The van der Waals surface area contributed by atoms with E-state index in [-0.39, 0.29) is 31.6 Å². The van der Waals surface area contributed by atoms with Gasteiger partial charge in [-0.2, -0.15) is 0 Å². The summed E-state index contributed by atoms with van der Waals surface area (Å²) in [4.78, 5) is 0. The van der Waals surface area contributed by atoms with E-state index >= 15 is 0 Å². The lowest BCUT2D eigenvalue weighted by atomic mass is 10.3. The van der Waals surface area contributed by atoms with E-state index in [1.165, 1.54) is 24.9 Å². The maximum absolute atomic E-state index is 5.59. The lowest BCUT2D eigenvalue weighted by Crippen LogP contribution is -2.17. The molecule has 0 unspecified atom stereocenters. The molecule has 146 valence electrons. The highest BCUT2D eigenvalue weighted by Crippen LogP contribution is 2.10. The molecule has 0 radical (unpaired) electrons. The Kier molecular flexibility index (Phi) is 19.8. The second-order valence-corrected chi connectivity index (χ2v) is 10.3. The molecule has 4 nitrogen and oxygen atoms in total. The van der Waals surface area contributed by atoms with E-state index in [0.29, 0.717) is 0 Å². The molecule has 0 aromatic heterocycles. The van der Waals surface area contributed by atoms with Crippen molar-refractivity contribution in [2.45, 2.75) is 90.1 Å². The molecule has 0 fully saturated rings. The Morgan fingerprint density at radius 2 is 0.875 bits per heavy atom. The Morgan fingerprint density at radius 3 is 1.17 bits per heavy atom. The van der Waals surface area contributed by atoms with E-state index in [0.717, 1.165) is 39.3 Å². The Hall–Kier alpha value is 0.274. The number of hydrogen-bond acceptors (Lipinski definition) is 4. The average molecular weight is 379 g/mol. The third kappa shape index (κ3) is 15.8. The highest BCUT2D eigenvalue weighted by molar-refractivity contribution is 6.42. The minimum absolute atomic E-state index is 0.0343. The van der Waals surface area contributed by atoms with Crippen molar-refractivity contribution >= 4 is 19.0 Å². The van der Waals surface area contributed by atoms with Crippen LogP contribution in [0, 0.1) is 0 Å². The van der Waals surface area contributed by atoms with Gasteiger partial charge in [-0.1, -0.05) is 37.0 Å². The van der Waals surface area contributed by atoms with Gasteiger partial charge in [0.25, 0.3) is 0 Å². The predicted molar refractivity (Wildman–Crippen MR) is 109 cm³/mol. The van der Waals surface area contributed by atoms with E-state index in [1.54, 1.807) is 12.1 Å². The van der Waals surface area contributed by atoms with Crippen LogP contribution in [0.2, 0.25) is 24.2 Å². The van der Waals surface area contributed by atoms with Gasteiger partial charge in [0.15, 0.2) is 12.6 Å². The summed E-state index contributed by atoms with van der Waals surface area (Å²) in [6, 6.07) is 5.98. The van der Waals surface area contributed by atoms with Crippen molar-refractivity contribution in [2.75, 3.05) is 26.4 Å². The zero-order valence-electron chi connectivity index (χ0n) is 16.7. The van der Waals surface area contributed by atoms with Crippen LogP contribution < -0.4 is 0 Å². The monoisotopic (exact) mass is 378 g/mol. The Labute approximate surface area is 155 Å². The minimum atomic E-state index is 0.0343. The third-order valence-corrected chi connectivity index (χ3v) is 9.04. The predicted octanol–water partition coefficient (Wildman–Crippen LogP) is 3.36. The summed E-state index contributed by atoms with van der Waals surface area (Å²) in [6.07, 6.45) is 4.77. The van der Waals surface area contributed by atoms with Crippen molar-refractivity contribution in [2.24, 2.45) is 0 Å². The first-order chi connectivity index (χ1) is 11.8. The molecule has 0 saturated carbocycles. The van der Waals surface area contributed by atoms with Gasteiger partial charge in [-0.3, -0.25) is 0 Å². The van der Waals surface area contributed by atoms with E-state index in [4.69, 9.17) is 18.9 Å². The molecular weight excluding hydrogens is 336 g/mol. The van der Waals surface area contributed by atoms with Gasteiger partial charge < -0.3 is 18.9 Å². The summed E-state index contributed by atoms with van der Waals surface area (Å²) in [5, 5.41) is 0. The standard InChI is InChI=1S/C18H42O4Si2/c1-5-19-17(20-6-2)11-9-13-23-15-16-24-14-10-12-18(21-7-3)22-8-4/h17-18H,5-16,23-24H2,1-4H3.